The Bertz CT molecular complexity index is 801. The third-order valence-electron chi connectivity index (χ3n) is 4.37. The Kier molecular flexibility index (Phi) is 4.49. The number of nitrogens with zero attached hydrogens (tertiary/aromatic N) is 2. The first-order chi connectivity index (χ1) is 11.5. The molecular formula is C18H19FN2O3. The Morgan fingerprint density at radius 2 is 2.00 bits per heavy atom. The second-order valence-electron chi connectivity index (χ2n) is 6.13. The molecule has 6 heteroatoms. The van der Waals surface area contributed by atoms with Gasteiger partial charge in [-0.05, 0) is 37.1 Å². The minimum Gasteiger partial charge on any atom is -0.391 e. The minimum atomic E-state index is -0.627. The fraction of sp³-hybridized carbons (Fsp3) is 0.333. The Balaban J connectivity index is 1.83. The molecule has 0 saturated carbocycles. The lowest BCUT2D eigenvalue weighted by atomic mass is 10.0. The SMILES string of the molecule is Cc1cccn(CC(=O)N2C[C@H](O)C[C@@H]2c2ccc(F)cc2)c1=O. The molecule has 0 spiro atoms. The maximum Gasteiger partial charge on any atom is 0.253 e. The molecule has 0 bridgehead atoms. The Morgan fingerprint density at radius 3 is 2.71 bits per heavy atom. The van der Waals surface area contributed by atoms with Gasteiger partial charge < -0.3 is 14.6 Å². The third kappa shape index (κ3) is 3.23. The highest BCUT2D eigenvalue weighted by atomic mass is 19.1. The van der Waals surface area contributed by atoms with Crippen LogP contribution in [-0.2, 0) is 11.3 Å². The molecule has 1 fully saturated rings. The van der Waals surface area contributed by atoms with E-state index < -0.39 is 6.10 Å². The van der Waals surface area contributed by atoms with Crippen LogP contribution in [0.15, 0.2) is 47.4 Å². The first-order valence-electron chi connectivity index (χ1n) is 7.85. The van der Waals surface area contributed by atoms with E-state index in [1.807, 2.05) is 0 Å². The first kappa shape index (κ1) is 16.4. The highest BCUT2D eigenvalue weighted by molar-refractivity contribution is 5.77. The standard InChI is InChI=1S/C18H19FN2O3/c1-12-3-2-8-20(18(12)24)11-17(23)21-10-15(22)9-16(21)13-4-6-14(19)7-5-13/h2-8,15-16,22H,9-11H2,1H3/t15-,16-/m1/s1. The summed E-state index contributed by atoms with van der Waals surface area (Å²) in [4.78, 5) is 26.3. The van der Waals surface area contributed by atoms with Crippen molar-refractivity contribution < 1.29 is 14.3 Å². The summed E-state index contributed by atoms with van der Waals surface area (Å²) in [6.07, 6.45) is 1.35. The van der Waals surface area contributed by atoms with Crippen molar-refractivity contribution in [3.63, 3.8) is 0 Å². The van der Waals surface area contributed by atoms with Crippen LogP contribution in [0.25, 0.3) is 0 Å². The predicted molar refractivity (Wildman–Crippen MR) is 86.9 cm³/mol. The average Bonchev–Trinajstić information content (AvgIpc) is 2.94. The number of rotatable bonds is 3. The summed E-state index contributed by atoms with van der Waals surface area (Å²) >= 11 is 0. The Morgan fingerprint density at radius 1 is 1.29 bits per heavy atom. The molecule has 0 radical (unpaired) electrons. The fourth-order valence-corrected chi connectivity index (χ4v) is 3.11. The van der Waals surface area contributed by atoms with Crippen molar-refractivity contribution in [1.29, 1.82) is 0 Å². The zero-order valence-corrected chi connectivity index (χ0v) is 13.4. The van der Waals surface area contributed by atoms with Crippen LogP contribution < -0.4 is 5.56 Å². The molecule has 2 heterocycles. The van der Waals surface area contributed by atoms with E-state index in [4.69, 9.17) is 0 Å². The number of aliphatic hydroxyl groups is 1. The van der Waals surface area contributed by atoms with Crippen molar-refractivity contribution in [2.24, 2.45) is 0 Å². The van der Waals surface area contributed by atoms with Crippen molar-refractivity contribution in [1.82, 2.24) is 9.47 Å². The van der Waals surface area contributed by atoms with Crippen LogP contribution in [0.4, 0.5) is 4.39 Å². The van der Waals surface area contributed by atoms with E-state index in [1.165, 1.54) is 16.7 Å². The number of aryl methyl sites for hydroxylation is 1. The molecular weight excluding hydrogens is 311 g/mol. The molecule has 1 saturated heterocycles. The zero-order valence-electron chi connectivity index (χ0n) is 13.4. The molecule has 1 amide bonds. The normalized spacial score (nSPS) is 20.4. The van der Waals surface area contributed by atoms with Crippen LogP contribution in [0.2, 0.25) is 0 Å². The number of halogens is 1. The second-order valence-corrected chi connectivity index (χ2v) is 6.13. The van der Waals surface area contributed by atoms with Crippen LogP contribution in [0.3, 0.4) is 0 Å². The number of carbonyl (C=O) groups is 1. The number of carbonyl (C=O) groups excluding carboxylic acids is 1. The number of likely N-dealkylation sites (tertiary alicyclic amines) is 1. The average molecular weight is 330 g/mol. The van der Waals surface area contributed by atoms with Gasteiger partial charge in [0.05, 0.1) is 12.1 Å². The van der Waals surface area contributed by atoms with Crippen molar-refractivity contribution in [2.45, 2.75) is 32.0 Å². The highest BCUT2D eigenvalue weighted by Crippen LogP contribution is 2.32. The van der Waals surface area contributed by atoms with E-state index in [2.05, 4.69) is 0 Å². The molecule has 2 atom stereocenters. The molecule has 1 N–H and O–H groups in total. The number of benzene rings is 1. The minimum absolute atomic E-state index is 0.0784. The lowest BCUT2D eigenvalue weighted by Crippen LogP contribution is -2.37. The van der Waals surface area contributed by atoms with Gasteiger partial charge in [-0.15, -0.1) is 0 Å². The quantitative estimate of drug-likeness (QED) is 0.930. The van der Waals surface area contributed by atoms with Crippen LogP contribution in [0, 0.1) is 12.7 Å². The molecule has 5 nitrogen and oxygen atoms in total. The molecule has 1 aromatic heterocycles. The molecule has 24 heavy (non-hydrogen) atoms. The summed E-state index contributed by atoms with van der Waals surface area (Å²) in [5.41, 5.74) is 1.14. The number of β-amino-alcohol motifs (C(OH)–C–C–N with tert-alkyl or cyclic N) is 1. The van der Waals surface area contributed by atoms with Gasteiger partial charge in [0.1, 0.15) is 12.4 Å². The summed E-state index contributed by atoms with van der Waals surface area (Å²) < 4.78 is 14.5. The maximum atomic E-state index is 13.1. The number of hydrogen-bond donors (Lipinski definition) is 1. The largest absolute Gasteiger partial charge is 0.391 e. The van der Waals surface area contributed by atoms with Gasteiger partial charge in [-0.1, -0.05) is 18.2 Å². The van der Waals surface area contributed by atoms with Crippen molar-refractivity contribution >= 4 is 5.91 Å². The molecule has 3 rings (SSSR count). The van der Waals surface area contributed by atoms with Crippen LogP contribution >= 0.6 is 0 Å². The van der Waals surface area contributed by atoms with Crippen molar-refractivity contribution in [2.75, 3.05) is 6.54 Å². The number of aliphatic hydroxyl groups excluding tert-OH is 1. The van der Waals surface area contributed by atoms with E-state index in [0.29, 0.717) is 12.0 Å². The second kappa shape index (κ2) is 6.57. The van der Waals surface area contributed by atoms with Crippen LogP contribution in [-0.4, -0.2) is 33.1 Å². The van der Waals surface area contributed by atoms with Gasteiger partial charge in [0.25, 0.3) is 5.56 Å². The van der Waals surface area contributed by atoms with Crippen molar-refractivity contribution in [3.8, 4) is 0 Å². The van der Waals surface area contributed by atoms with Crippen molar-refractivity contribution in [3.05, 3.63) is 69.9 Å². The molecule has 1 aliphatic rings. The number of aromatic nitrogens is 1. The summed E-state index contributed by atoms with van der Waals surface area (Å²) in [6, 6.07) is 9.04. The van der Waals surface area contributed by atoms with Gasteiger partial charge in [0.15, 0.2) is 0 Å². The Labute approximate surface area is 139 Å². The topological polar surface area (TPSA) is 62.5 Å². The zero-order chi connectivity index (χ0) is 17.3. The van der Waals surface area contributed by atoms with E-state index in [-0.39, 0.29) is 36.4 Å². The van der Waals surface area contributed by atoms with Gasteiger partial charge in [0, 0.05) is 18.3 Å². The summed E-state index contributed by atoms with van der Waals surface area (Å²) in [7, 11) is 0. The number of amides is 1. The van der Waals surface area contributed by atoms with Crippen LogP contribution in [0.1, 0.15) is 23.6 Å². The molecule has 1 aromatic carbocycles. The van der Waals surface area contributed by atoms with Gasteiger partial charge in [-0.3, -0.25) is 9.59 Å². The summed E-state index contributed by atoms with van der Waals surface area (Å²) in [5.74, 6) is -0.588. The third-order valence-corrected chi connectivity index (χ3v) is 4.37. The lowest BCUT2D eigenvalue weighted by molar-refractivity contribution is -0.133. The lowest BCUT2D eigenvalue weighted by Gasteiger charge is -2.25. The summed E-state index contributed by atoms with van der Waals surface area (Å²) in [6.45, 7) is 1.83. The molecule has 126 valence electrons. The van der Waals surface area contributed by atoms with Gasteiger partial charge in [-0.2, -0.15) is 0 Å². The maximum absolute atomic E-state index is 13.1. The van der Waals surface area contributed by atoms with Gasteiger partial charge in [-0.25, -0.2) is 4.39 Å². The van der Waals surface area contributed by atoms with E-state index in [1.54, 1.807) is 42.3 Å². The molecule has 0 aliphatic carbocycles. The van der Waals surface area contributed by atoms with Crippen LogP contribution in [0.5, 0.6) is 0 Å². The summed E-state index contributed by atoms with van der Waals surface area (Å²) in [5, 5.41) is 9.96. The number of hydrogen-bond acceptors (Lipinski definition) is 3. The fourth-order valence-electron chi connectivity index (χ4n) is 3.11. The number of pyridine rings is 1. The smallest absolute Gasteiger partial charge is 0.253 e. The van der Waals surface area contributed by atoms with E-state index >= 15 is 0 Å². The monoisotopic (exact) mass is 330 g/mol. The van der Waals surface area contributed by atoms with Gasteiger partial charge >= 0.3 is 0 Å². The predicted octanol–water partition coefficient (Wildman–Crippen LogP) is 1.63. The van der Waals surface area contributed by atoms with Gasteiger partial charge in [0.2, 0.25) is 5.91 Å². The first-order valence-corrected chi connectivity index (χ1v) is 7.85. The molecule has 1 aliphatic heterocycles. The Hall–Kier alpha value is -2.47. The van der Waals surface area contributed by atoms with E-state index in [9.17, 15) is 19.1 Å². The molecule has 0 unspecified atom stereocenters. The van der Waals surface area contributed by atoms with E-state index in [0.717, 1.165) is 5.56 Å². The highest BCUT2D eigenvalue weighted by Gasteiger charge is 2.35. The molecule has 2 aromatic rings.